The molecule has 0 aliphatic rings. The number of hydrogen-bond acceptors (Lipinski definition) is 8. The van der Waals surface area contributed by atoms with Crippen molar-refractivity contribution in [2.45, 2.75) is 251 Å². The van der Waals surface area contributed by atoms with Crippen LogP contribution in [-0.2, 0) is 32.7 Å². The topological polar surface area (TPSA) is 134 Å². The molecule has 2 unspecified atom stereocenters. The first-order chi connectivity index (χ1) is 40.8. The highest BCUT2D eigenvalue weighted by Crippen LogP contribution is 2.43. The number of phosphoric ester groups is 1. The van der Waals surface area contributed by atoms with Crippen LogP contribution >= 0.6 is 7.82 Å². The third-order valence-electron chi connectivity index (χ3n) is 13.1. The fourth-order valence-electron chi connectivity index (χ4n) is 8.36. The lowest BCUT2D eigenvalue weighted by molar-refractivity contribution is -0.161. The summed E-state index contributed by atoms with van der Waals surface area (Å²) in [5, 5.41) is 0. The van der Waals surface area contributed by atoms with Crippen LogP contribution in [-0.4, -0.2) is 49.3 Å². The fourth-order valence-corrected chi connectivity index (χ4v) is 9.13. The van der Waals surface area contributed by atoms with E-state index in [0.717, 1.165) is 154 Å². The average Bonchev–Trinajstić information content (AvgIpc) is 3.48. The predicted octanol–water partition coefficient (Wildman–Crippen LogP) is 21.4. The van der Waals surface area contributed by atoms with E-state index in [-0.39, 0.29) is 32.6 Å². The van der Waals surface area contributed by atoms with Crippen LogP contribution in [0, 0.1) is 0 Å². The summed E-state index contributed by atoms with van der Waals surface area (Å²) in [4.78, 5) is 35.3. The highest BCUT2D eigenvalue weighted by molar-refractivity contribution is 7.47. The lowest BCUT2D eigenvalue weighted by Gasteiger charge is -2.19. The molecule has 3 N–H and O–H groups in total. The van der Waals surface area contributed by atoms with Gasteiger partial charge in [-0.2, -0.15) is 0 Å². The van der Waals surface area contributed by atoms with Crippen molar-refractivity contribution in [2.75, 3.05) is 26.4 Å². The maximum atomic E-state index is 12.7. The molecule has 0 aromatic carbocycles. The lowest BCUT2D eigenvalue weighted by atomic mass is 10.0. The summed E-state index contributed by atoms with van der Waals surface area (Å²) in [6.07, 6.45) is 98.4. The standard InChI is InChI=1S/C73H118NO8P/c1-3-5-7-9-11-13-15-17-19-21-23-25-27-29-31-32-33-34-35-36-37-38-40-42-44-46-48-50-52-54-56-58-60-62-64-66-73(76)82-71(70-81-83(77,78)80-68-67-74)69-79-72(75)65-63-61-59-57-55-53-51-49-47-45-43-41-39-30-28-26-24-22-20-18-16-14-12-10-8-6-4-2/h5-8,11-14,17-20,23-26,29-31,33-34,36-37,39-40,42,46,48,71H,3-4,9-10,15-16,21-22,27-28,32,35,38,41,43-45,47,49-70,74H2,1-2H3,(H,77,78)/b7-5-,8-6-,13-11-,14-12-,19-17-,20-18-,25-23-,26-24-,31-29-,34-33-,37-36-,39-30-,42-40-,48-46-. The van der Waals surface area contributed by atoms with Gasteiger partial charge in [-0.1, -0.05) is 274 Å². The van der Waals surface area contributed by atoms with Gasteiger partial charge >= 0.3 is 19.8 Å². The number of unbranched alkanes of at least 4 members (excludes halogenated alkanes) is 18. The van der Waals surface area contributed by atoms with Crippen molar-refractivity contribution in [1.29, 1.82) is 0 Å². The smallest absolute Gasteiger partial charge is 0.462 e. The van der Waals surface area contributed by atoms with Gasteiger partial charge in [-0.05, 0) is 128 Å². The number of carbonyl (C=O) groups excluding carboxylic acids is 2. The summed E-state index contributed by atoms with van der Waals surface area (Å²) in [6.45, 7) is 3.49. The van der Waals surface area contributed by atoms with Gasteiger partial charge < -0.3 is 20.1 Å². The van der Waals surface area contributed by atoms with Crippen LogP contribution < -0.4 is 5.73 Å². The number of allylic oxidation sites excluding steroid dienone is 28. The minimum atomic E-state index is -4.41. The Morgan fingerprint density at radius 3 is 0.928 bits per heavy atom. The van der Waals surface area contributed by atoms with E-state index < -0.39 is 32.5 Å². The average molecular weight is 1170 g/mol. The van der Waals surface area contributed by atoms with Crippen molar-refractivity contribution in [1.82, 2.24) is 0 Å². The third kappa shape index (κ3) is 66.4. The molecular weight excluding hydrogens is 1050 g/mol. The minimum Gasteiger partial charge on any atom is -0.462 e. The Balaban J connectivity index is 4.03. The first-order valence-corrected chi connectivity index (χ1v) is 34.1. The largest absolute Gasteiger partial charge is 0.472 e. The number of esters is 2. The Bertz CT molecular complexity index is 1960. The highest BCUT2D eigenvalue weighted by atomic mass is 31.2. The molecule has 0 fully saturated rings. The zero-order valence-electron chi connectivity index (χ0n) is 52.4. The van der Waals surface area contributed by atoms with Crippen molar-refractivity contribution >= 4 is 19.8 Å². The van der Waals surface area contributed by atoms with Gasteiger partial charge in [0.25, 0.3) is 0 Å². The third-order valence-corrected chi connectivity index (χ3v) is 14.1. The number of carbonyl (C=O) groups is 2. The van der Waals surface area contributed by atoms with Crippen molar-refractivity contribution in [3.8, 4) is 0 Å². The quantitative estimate of drug-likeness (QED) is 0.0264. The number of ether oxygens (including phenoxy) is 2. The second-order valence-electron chi connectivity index (χ2n) is 20.9. The molecule has 10 heteroatoms. The van der Waals surface area contributed by atoms with Crippen LogP contribution in [0.2, 0.25) is 0 Å². The normalized spacial score (nSPS) is 14.1. The van der Waals surface area contributed by atoms with Crippen LogP contribution in [0.15, 0.2) is 170 Å². The van der Waals surface area contributed by atoms with Gasteiger partial charge in [0.15, 0.2) is 6.10 Å². The molecule has 468 valence electrons. The highest BCUT2D eigenvalue weighted by Gasteiger charge is 2.26. The van der Waals surface area contributed by atoms with Gasteiger partial charge in [-0.3, -0.25) is 18.6 Å². The zero-order valence-corrected chi connectivity index (χ0v) is 53.3. The second kappa shape index (κ2) is 66.5. The summed E-state index contributed by atoms with van der Waals surface area (Å²) in [5.41, 5.74) is 5.39. The van der Waals surface area contributed by atoms with Gasteiger partial charge in [0, 0.05) is 19.4 Å². The molecule has 0 amide bonds. The van der Waals surface area contributed by atoms with Crippen LogP contribution in [0.3, 0.4) is 0 Å². The number of nitrogens with two attached hydrogens (primary N) is 1. The number of rotatable bonds is 59. The van der Waals surface area contributed by atoms with Crippen molar-refractivity contribution in [3.05, 3.63) is 170 Å². The first kappa shape index (κ1) is 78.4. The molecule has 0 bridgehead atoms. The van der Waals surface area contributed by atoms with Crippen molar-refractivity contribution in [3.63, 3.8) is 0 Å². The molecule has 0 aliphatic heterocycles. The Hall–Kier alpha value is -4.63. The summed E-state index contributed by atoms with van der Waals surface area (Å²) in [7, 11) is -4.41. The van der Waals surface area contributed by atoms with Crippen LogP contribution in [0.1, 0.15) is 245 Å². The Labute approximate surface area is 508 Å². The van der Waals surface area contributed by atoms with Gasteiger partial charge in [-0.25, -0.2) is 4.57 Å². The van der Waals surface area contributed by atoms with E-state index in [4.69, 9.17) is 24.3 Å². The molecule has 0 saturated carbocycles. The zero-order chi connectivity index (χ0) is 60.1. The Morgan fingerprint density at radius 2 is 0.627 bits per heavy atom. The van der Waals surface area contributed by atoms with E-state index in [1.165, 1.54) is 57.8 Å². The number of phosphoric acid groups is 1. The molecular formula is C73H118NO8P. The van der Waals surface area contributed by atoms with Crippen LogP contribution in [0.5, 0.6) is 0 Å². The molecule has 0 rings (SSSR count). The van der Waals surface area contributed by atoms with Crippen LogP contribution in [0.4, 0.5) is 0 Å². The monoisotopic (exact) mass is 1170 g/mol. The van der Waals surface area contributed by atoms with Crippen LogP contribution in [0.25, 0.3) is 0 Å². The maximum Gasteiger partial charge on any atom is 0.472 e. The van der Waals surface area contributed by atoms with E-state index in [1.54, 1.807) is 0 Å². The minimum absolute atomic E-state index is 0.0421. The molecule has 83 heavy (non-hydrogen) atoms. The number of hydrogen-bond donors (Lipinski definition) is 2. The molecule has 0 saturated heterocycles. The molecule has 0 aliphatic carbocycles. The second-order valence-corrected chi connectivity index (χ2v) is 22.3. The molecule has 0 heterocycles. The van der Waals surface area contributed by atoms with Crippen molar-refractivity contribution in [2.24, 2.45) is 5.73 Å². The molecule has 9 nitrogen and oxygen atoms in total. The molecule has 0 spiro atoms. The maximum absolute atomic E-state index is 12.7. The SMILES string of the molecule is CC/C=C\C/C=C\C/C=C\C/C=C\C/C=C\C/C=C\C/C=C\C/C=C\C/C=C\CCCCCCCCCC(=O)OC(COC(=O)CCCCCCCCCCCCC/C=C\C/C=C\C/C=C\C/C=C\C/C=C\CC)COP(=O)(O)OCCN. The van der Waals surface area contributed by atoms with Gasteiger partial charge in [0.1, 0.15) is 6.61 Å². The summed E-state index contributed by atoms with van der Waals surface area (Å²) >= 11 is 0. The van der Waals surface area contributed by atoms with E-state index >= 15 is 0 Å². The molecule has 0 radical (unpaired) electrons. The fraction of sp³-hybridized carbons (Fsp3) is 0.589. The van der Waals surface area contributed by atoms with Crippen molar-refractivity contribution < 1.29 is 37.6 Å². The molecule has 0 aromatic rings. The summed E-state index contributed by atoms with van der Waals surface area (Å²) < 4.78 is 33.1. The predicted molar refractivity (Wildman–Crippen MR) is 357 cm³/mol. The van der Waals surface area contributed by atoms with Gasteiger partial charge in [0.05, 0.1) is 13.2 Å². The van der Waals surface area contributed by atoms with Gasteiger partial charge in [-0.15, -0.1) is 0 Å². The van der Waals surface area contributed by atoms with E-state index in [9.17, 15) is 19.0 Å². The Kier molecular flexibility index (Phi) is 62.8. The Morgan fingerprint density at radius 1 is 0.361 bits per heavy atom. The van der Waals surface area contributed by atoms with E-state index in [0.29, 0.717) is 6.42 Å². The molecule has 0 aromatic heterocycles. The molecule has 2 atom stereocenters. The van der Waals surface area contributed by atoms with E-state index in [1.807, 2.05) is 0 Å². The summed E-state index contributed by atoms with van der Waals surface area (Å²) in [6, 6.07) is 0. The van der Waals surface area contributed by atoms with E-state index in [2.05, 4.69) is 184 Å². The van der Waals surface area contributed by atoms with Gasteiger partial charge in [0.2, 0.25) is 0 Å². The lowest BCUT2D eigenvalue weighted by Crippen LogP contribution is -2.29. The summed E-state index contributed by atoms with van der Waals surface area (Å²) in [5.74, 6) is -0.854. The first-order valence-electron chi connectivity index (χ1n) is 32.6.